The summed E-state index contributed by atoms with van der Waals surface area (Å²) in [4.78, 5) is 11.1. The number of nitriles is 1. The number of hydrogen-bond acceptors (Lipinski definition) is 5. The molecule has 17 heavy (non-hydrogen) atoms. The summed E-state index contributed by atoms with van der Waals surface area (Å²) < 4.78 is 5.04. The van der Waals surface area contributed by atoms with Gasteiger partial charge in [-0.2, -0.15) is 5.26 Å². The van der Waals surface area contributed by atoms with Crippen LogP contribution in [0.4, 0.5) is 0 Å². The Kier molecular flexibility index (Phi) is 4.49. The number of carbonyl (C=O) groups excluding carboxylic acids is 1. The topological polar surface area (TPSA) is 96.3 Å². The second-order valence-electron chi connectivity index (χ2n) is 3.36. The third-order valence-electron chi connectivity index (χ3n) is 2.27. The maximum Gasteiger partial charge on any atom is 0.307 e. The van der Waals surface area contributed by atoms with Crippen molar-refractivity contribution >= 4 is 21.9 Å². The van der Waals surface area contributed by atoms with Crippen molar-refractivity contribution in [3.8, 4) is 11.8 Å². The maximum atomic E-state index is 11.1. The first-order chi connectivity index (χ1) is 8.01. The fourth-order valence-electron chi connectivity index (χ4n) is 1.39. The average molecular weight is 299 g/mol. The summed E-state index contributed by atoms with van der Waals surface area (Å²) in [6.45, 7) is 0. The number of benzene rings is 1. The average Bonchev–Trinajstić information content (AvgIpc) is 2.29. The fraction of sp³-hybridized carbons (Fsp3) is 0.273. The van der Waals surface area contributed by atoms with Crippen molar-refractivity contribution in [2.45, 2.75) is 12.5 Å². The van der Waals surface area contributed by atoms with E-state index in [1.807, 2.05) is 6.07 Å². The summed E-state index contributed by atoms with van der Waals surface area (Å²) in [7, 11) is 1.26. The Morgan fingerprint density at radius 1 is 1.71 bits per heavy atom. The number of hydrogen-bond donors (Lipinski definition) is 2. The number of aromatic hydroxyl groups is 1. The second-order valence-corrected chi connectivity index (χ2v) is 4.21. The minimum Gasteiger partial charge on any atom is -0.506 e. The van der Waals surface area contributed by atoms with Gasteiger partial charge in [0.05, 0.1) is 19.1 Å². The molecule has 1 atom stereocenters. The van der Waals surface area contributed by atoms with E-state index in [4.69, 9.17) is 11.0 Å². The molecule has 0 aromatic heterocycles. The van der Waals surface area contributed by atoms with Gasteiger partial charge in [-0.1, -0.05) is 15.9 Å². The molecule has 1 aromatic rings. The maximum absolute atomic E-state index is 11.1. The van der Waals surface area contributed by atoms with Crippen LogP contribution in [0.3, 0.4) is 0 Å². The third-order valence-corrected chi connectivity index (χ3v) is 2.96. The zero-order valence-corrected chi connectivity index (χ0v) is 10.7. The molecule has 90 valence electrons. The van der Waals surface area contributed by atoms with Crippen LogP contribution in [0, 0.1) is 11.3 Å². The highest BCUT2D eigenvalue weighted by molar-refractivity contribution is 9.10. The molecule has 1 rings (SSSR count). The lowest BCUT2D eigenvalue weighted by Crippen LogP contribution is -2.17. The minimum atomic E-state index is -0.731. The molecule has 0 saturated carbocycles. The number of nitrogens with two attached hydrogens (primary N) is 1. The van der Waals surface area contributed by atoms with Crippen molar-refractivity contribution < 1.29 is 14.6 Å². The van der Waals surface area contributed by atoms with Gasteiger partial charge in [0.2, 0.25) is 0 Å². The normalized spacial score (nSPS) is 11.6. The number of rotatable bonds is 3. The Hall–Kier alpha value is -1.58. The zero-order chi connectivity index (χ0) is 13.0. The highest BCUT2D eigenvalue weighted by Gasteiger charge is 2.20. The van der Waals surface area contributed by atoms with Crippen molar-refractivity contribution in [1.29, 1.82) is 5.26 Å². The van der Waals surface area contributed by atoms with Gasteiger partial charge in [0.25, 0.3) is 0 Å². The number of phenolic OH excluding ortho intramolecular Hbond substituents is 1. The van der Waals surface area contributed by atoms with Crippen molar-refractivity contribution in [2.75, 3.05) is 7.11 Å². The number of phenols is 1. The van der Waals surface area contributed by atoms with E-state index < -0.39 is 12.0 Å². The van der Waals surface area contributed by atoms with Gasteiger partial charge in [-0.05, 0) is 12.1 Å². The third kappa shape index (κ3) is 2.96. The first-order valence-electron chi connectivity index (χ1n) is 4.75. The van der Waals surface area contributed by atoms with Crippen molar-refractivity contribution in [3.05, 3.63) is 27.7 Å². The smallest absolute Gasteiger partial charge is 0.307 e. The van der Waals surface area contributed by atoms with Gasteiger partial charge in [-0.25, -0.2) is 0 Å². The molecule has 0 spiro atoms. The molecule has 0 unspecified atom stereocenters. The summed E-state index contributed by atoms with van der Waals surface area (Å²) in [5.41, 5.74) is 6.24. The molecular formula is C11H11BrN2O3. The van der Waals surface area contributed by atoms with Gasteiger partial charge < -0.3 is 15.6 Å². The lowest BCUT2D eigenvalue weighted by Gasteiger charge is -2.15. The standard InChI is InChI=1S/C11H11BrN2O3/c1-17-9(15)4-8(14)10-7(12)3-2-6(5-13)11(10)16/h2-3,8,16H,4,14H2,1H3/t8-/m0/s1. The molecule has 0 radical (unpaired) electrons. The summed E-state index contributed by atoms with van der Waals surface area (Å²) in [5.74, 6) is -0.690. The van der Waals surface area contributed by atoms with Crippen LogP contribution < -0.4 is 5.73 Å². The zero-order valence-electron chi connectivity index (χ0n) is 9.11. The van der Waals surface area contributed by atoms with Crippen molar-refractivity contribution in [3.63, 3.8) is 0 Å². The minimum absolute atomic E-state index is 0.0719. The molecule has 5 nitrogen and oxygen atoms in total. The second kappa shape index (κ2) is 5.66. The molecule has 1 aromatic carbocycles. The summed E-state index contributed by atoms with van der Waals surface area (Å²) in [6, 6.07) is 4.18. The van der Waals surface area contributed by atoms with E-state index in [0.717, 1.165) is 0 Å². The van der Waals surface area contributed by atoms with Gasteiger partial charge in [0.15, 0.2) is 0 Å². The molecular weight excluding hydrogens is 288 g/mol. The van der Waals surface area contributed by atoms with Gasteiger partial charge in [-0.3, -0.25) is 4.79 Å². The monoisotopic (exact) mass is 298 g/mol. The molecule has 0 saturated heterocycles. The number of methoxy groups -OCH3 is 1. The number of esters is 1. The molecule has 6 heteroatoms. The predicted octanol–water partition coefficient (Wildman–Crippen LogP) is 1.59. The van der Waals surface area contributed by atoms with Crippen LogP contribution in [0.5, 0.6) is 5.75 Å². The molecule has 0 aliphatic carbocycles. The van der Waals surface area contributed by atoms with Gasteiger partial charge in [-0.15, -0.1) is 0 Å². The first kappa shape index (κ1) is 13.5. The van der Waals surface area contributed by atoms with Crippen LogP contribution in [0.25, 0.3) is 0 Å². The van der Waals surface area contributed by atoms with Crippen LogP contribution in [-0.4, -0.2) is 18.2 Å². The Labute approximate surface area is 107 Å². The quantitative estimate of drug-likeness (QED) is 0.826. The number of nitrogens with zero attached hydrogens (tertiary/aromatic N) is 1. The van der Waals surface area contributed by atoms with Crippen molar-refractivity contribution in [1.82, 2.24) is 0 Å². The summed E-state index contributed by atoms with van der Waals surface area (Å²) >= 11 is 3.22. The first-order valence-corrected chi connectivity index (χ1v) is 5.54. The van der Waals surface area contributed by atoms with E-state index in [2.05, 4.69) is 20.7 Å². The van der Waals surface area contributed by atoms with E-state index in [1.165, 1.54) is 13.2 Å². The van der Waals surface area contributed by atoms with Crippen LogP contribution >= 0.6 is 15.9 Å². The molecule has 0 fully saturated rings. The lowest BCUT2D eigenvalue weighted by atomic mass is 10.0. The molecule has 0 bridgehead atoms. The van der Waals surface area contributed by atoms with E-state index in [-0.39, 0.29) is 17.7 Å². The number of carbonyl (C=O) groups is 1. The lowest BCUT2D eigenvalue weighted by molar-refractivity contribution is -0.141. The van der Waals surface area contributed by atoms with E-state index >= 15 is 0 Å². The van der Waals surface area contributed by atoms with Crippen molar-refractivity contribution in [2.24, 2.45) is 5.73 Å². The predicted molar refractivity (Wildman–Crippen MR) is 64.1 cm³/mol. The highest BCUT2D eigenvalue weighted by Crippen LogP contribution is 2.34. The summed E-state index contributed by atoms with van der Waals surface area (Å²) in [6.07, 6.45) is -0.0719. The van der Waals surface area contributed by atoms with Gasteiger partial charge in [0, 0.05) is 16.1 Å². The SMILES string of the molecule is COC(=O)C[C@H](N)c1c(Br)ccc(C#N)c1O. The Bertz CT molecular complexity index is 482. The van der Waals surface area contributed by atoms with Crippen LogP contribution in [0.15, 0.2) is 16.6 Å². The Morgan fingerprint density at radius 3 is 2.88 bits per heavy atom. The number of halogens is 1. The summed E-state index contributed by atoms with van der Waals surface area (Å²) in [5, 5.41) is 18.6. The molecule has 0 amide bonds. The van der Waals surface area contributed by atoms with Gasteiger partial charge in [0.1, 0.15) is 11.8 Å². The molecule has 0 aliphatic rings. The Balaban J connectivity index is 3.13. The highest BCUT2D eigenvalue weighted by atomic mass is 79.9. The van der Waals surface area contributed by atoms with E-state index in [0.29, 0.717) is 10.0 Å². The number of ether oxygens (including phenoxy) is 1. The van der Waals surface area contributed by atoms with E-state index in [9.17, 15) is 9.90 Å². The fourth-order valence-corrected chi connectivity index (χ4v) is 2.01. The van der Waals surface area contributed by atoms with Crippen LogP contribution in [0.1, 0.15) is 23.6 Å². The van der Waals surface area contributed by atoms with Crippen LogP contribution in [0.2, 0.25) is 0 Å². The van der Waals surface area contributed by atoms with E-state index in [1.54, 1.807) is 6.07 Å². The molecule has 0 aliphatic heterocycles. The Morgan fingerprint density at radius 2 is 2.35 bits per heavy atom. The van der Waals surface area contributed by atoms with Gasteiger partial charge >= 0.3 is 5.97 Å². The van der Waals surface area contributed by atoms with Crippen LogP contribution in [-0.2, 0) is 9.53 Å². The molecule has 3 N–H and O–H groups in total. The molecule has 0 heterocycles. The largest absolute Gasteiger partial charge is 0.506 e.